The lowest BCUT2D eigenvalue weighted by Gasteiger charge is -2.69. The van der Waals surface area contributed by atoms with Crippen LogP contribution in [0.25, 0.3) is 11.1 Å². The van der Waals surface area contributed by atoms with Crippen LogP contribution in [0.3, 0.4) is 0 Å². The first-order valence-corrected chi connectivity index (χ1v) is 20.8. The molecule has 5 aliphatic rings. The number of hydrogen-bond acceptors (Lipinski definition) is 11. The van der Waals surface area contributed by atoms with Crippen LogP contribution >= 0.6 is 0 Å². The molecule has 316 valence electrons. The predicted octanol–water partition coefficient (Wildman–Crippen LogP) is 8.09. The minimum Gasteiger partial charge on any atom is -0.465 e. The zero-order chi connectivity index (χ0) is 42.8. The van der Waals surface area contributed by atoms with E-state index in [1.165, 1.54) is 7.11 Å². The largest absolute Gasteiger partial charge is 0.465 e. The number of methoxy groups -OCH3 is 1. The zero-order valence-corrected chi connectivity index (χ0v) is 36.5. The van der Waals surface area contributed by atoms with E-state index in [4.69, 9.17) is 29.0 Å². The average molecular weight is 809 g/mol. The summed E-state index contributed by atoms with van der Waals surface area (Å²) in [6.45, 7) is 20.3. The fourth-order valence-electron chi connectivity index (χ4n) is 11.7. The first-order valence-electron chi connectivity index (χ1n) is 20.8. The molecular formula is C46H60N6O7. The smallest absolute Gasteiger partial charge is 0.407 e. The Kier molecular flexibility index (Phi) is 10.7. The van der Waals surface area contributed by atoms with E-state index in [2.05, 4.69) is 36.8 Å². The Morgan fingerprint density at radius 3 is 2.22 bits per heavy atom. The van der Waals surface area contributed by atoms with Gasteiger partial charge in [0, 0.05) is 43.0 Å². The Balaban J connectivity index is 1.16. The Bertz CT molecular complexity index is 2190. The molecule has 2 aromatic heterocycles. The van der Waals surface area contributed by atoms with Crippen molar-refractivity contribution in [2.24, 2.45) is 16.2 Å². The van der Waals surface area contributed by atoms with Crippen LogP contribution < -0.4 is 10.2 Å². The maximum atomic E-state index is 14.0. The third-order valence-electron chi connectivity index (χ3n) is 12.4. The normalized spacial score (nSPS) is 25.9. The first kappa shape index (κ1) is 42.2. The van der Waals surface area contributed by atoms with Gasteiger partial charge in [0.1, 0.15) is 17.0 Å². The van der Waals surface area contributed by atoms with Crippen molar-refractivity contribution in [3.05, 3.63) is 64.1 Å². The third-order valence-corrected chi connectivity index (χ3v) is 12.4. The summed E-state index contributed by atoms with van der Waals surface area (Å²) in [5, 5.41) is 17.6. The molecule has 1 aromatic carbocycles. The van der Waals surface area contributed by atoms with Gasteiger partial charge < -0.3 is 29.2 Å². The van der Waals surface area contributed by atoms with E-state index in [-0.39, 0.29) is 27.5 Å². The molecule has 0 spiro atoms. The molecule has 2 atom stereocenters. The summed E-state index contributed by atoms with van der Waals surface area (Å²) in [5.41, 5.74) is 3.65. The summed E-state index contributed by atoms with van der Waals surface area (Å²) in [4.78, 5) is 46.1. The fraction of sp³-hybridized carbons (Fsp3) is 0.609. The summed E-state index contributed by atoms with van der Waals surface area (Å²) in [6.07, 6.45) is 8.15. The molecule has 0 radical (unpaired) electrons. The second-order valence-electron chi connectivity index (χ2n) is 20.4. The van der Waals surface area contributed by atoms with Crippen molar-refractivity contribution >= 4 is 23.8 Å². The van der Waals surface area contributed by atoms with Gasteiger partial charge in [0.25, 0.3) is 0 Å². The van der Waals surface area contributed by atoms with Crippen molar-refractivity contribution in [3.8, 4) is 17.2 Å². The molecule has 1 N–H and O–H groups in total. The number of benzene rings is 1. The lowest BCUT2D eigenvalue weighted by molar-refractivity contribution is -0.247. The first-order chi connectivity index (χ1) is 27.6. The summed E-state index contributed by atoms with van der Waals surface area (Å²) in [7, 11) is 1.34. The van der Waals surface area contributed by atoms with Crippen molar-refractivity contribution in [3.63, 3.8) is 0 Å². The van der Waals surface area contributed by atoms with Gasteiger partial charge in [0.2, 0.25) is 0 Å². The van der Waals surface area contributed by atoms with Gasteiger partial charge in [-0.05, 0) is 145 Å². The van der Waals surface area contributed by atoms with Gasteiger partial charge in [0.15, 0.2) is 5.69 Å². The highest BCUT2D eigenvalue weighted by Crippen LogP contribution is 2.72. The topological polar surface area (TPSA) is 158 Å². The maximum Gasteiger partial charge on any atom is 0.407 e. The number of hydrogen-bond donors (Lipinski definition) is 1. The molecule has 1 aliphatic heterocycles. The lowest BCUT2D eigenvalue weighted by atomic mass is 9.39. The van der Waals surface area contributed by atoms with Gasteiger partial charge in [-0.2, -0.15) is 10.4 Å². The minimum absolute atomic E-state index is 0.0417. The van der Waals surface area contributed by atoms with Gasteiger partial charge in [0.05, 0.1) is 42.7 Å². The predicted molar refractivity (Wildman–Crippen MR) is 222 cm³/mol. The van der Waals surface area contributed by atoms with Crippen molar-refractivity contribution < 1.29 is 33.3 Å². The SMILES string of the molecule is COC(=O)c1ccc(C#N)c2c1CN(c1ccc(-c3cnn(CC45CC6(C)CC(C)(C4)CC(OCCNC(=O)OC(C)(C)C)(C6)C5)c3C)c(C(=O)OC(C)(C)C)n1)CC2. The number of ether oxygens (including phenoxy) is 4. The third kappa shape index (κ3) is 8.70. The quantitative estimate of drug-likeness (QED) is 0.120. The zero-order valence-electron chi connectivity index (χ0n) is 36.5. The van der Waals surface area contributed by atoms with Crippen LogP contribution in [-0.2, 0) is 38.5 Å². The number of carbonyl (C=O) groups is 3. The van der Waals surface area contributed by atoms with E-state index in [9.17, 15) is 19.6 Å². The highest BCUT2D eigenvalue weighted by molar-refractivity contribution is 5.96. The number of carbonyl (C=O) groups excluding carboxylic acids is 3. The number of rotatable bonds is 10. The molecule has 13 nitrogen and oxygen atoms in total. The molecule has 1 amide bonds. The standard InChI is InChI=1S/C46H60N6O7/c1-29-34(20-49-52(29)28-45-23-43(8)22-44(9,24-45)26-46(25-43,27-45)57-18-16-48-40(55)59-42(5,6)7)32-13-14-36(50-37(32)39(54)58-41(2,3)4)51-17-15-31-30(19-47)11-12-33(35(31)21-51)38(53)56-10/h11-14,20H,15-18,21-28H2,1-10H3,(H,48,55). The molecule has 3 heterocycles. The molecule has 2 unspecified atom stereocenters. The van der Waals surface area contributed by atoms with Gasteiger partial charge >= 0.3 is 18.0 Å². The monoisotopic (exact) mass is 808 g/mol. The number of amides is 1. The van der Waals surface area contributed by atoms with E-state index >= 15 is 0 Å². The van der Waals surface area contributed by atoms with E-state index in [0.29, 0.717) is 55.2 Å². The van der Waals surface area contributed by atoms with Gasteiger partial charge in [-0.15, -0.1) is 0 Å². The van der Waals surface area contributed by atoms with Crippen LogP contribution in [0.2, 0.25) is 0 Å². The second-order valence-corrected chi connectivity index (χ2v) is 20.4. The molecule has 4 bridgehead atoms. The van der Waals surface area contributed by atoms with E-state index in [1.54, 1.807) is 12.1 Å². The molecule has 0 saturated heterocycles. The molecular weight excluding hydrogens is 749 g/mol. The van der Waals surface area contributed by atoms with Crippen LogP contribution in [0.1, 0.15) is 137 Å². The molecule has 4 saturated carbocycles. The van der Waals surface area contributed by atoms with Crippen molar-refractivity contribution in [2.45, 2.75) is 137 Å². The molecule has 4 fully saturated rings. The lowest BCUT2D eigenvalue weighted by Crippen LogP contribution is -2.64. The summed E-state index contributed by atoms with van der Waals surface area (Å²) < 4.78 is 25.4. The van der Waals surface area contributed by atoms with Crippen LogP contribution in [0.5, 0.6) is 0 Å². The van der Waals surface area contributed by atoms with Crippen molar-refractivity contribution in [1.29, 1.82) is 5.26 Å². The number of nitrogens with zero attached hydrogens (tertiary/aromatic N) is 5. The molecule has 3 aromatic rings. The number of aromatic nitrogens is 3. The molecule has 8 rings (SSSR count). The summed E-state index contributed by atoms with van der Waals surface area (Å²) in [6, 6.07) is 9.38. The number of alkyl carbamates (subject to hydrolysis) is 1. The number of esters is 2. The number of pyridine rings is 1. The fourth-order valence-corrected chi connectivity index (χ4v) is 11.7. The van der Waals surface area contributed by atoms with Crippen LogP contribution in [0, 0.1) is 34.5 Å². The number of nitrogens with one attached hydrogen (secondary N) is 1. The van der Waals surface area contributed by atoms with Crippen molar-refractivity contribution in [1.82, 2.24) is 20.1 Å². The van der Waals surface area contributed by atoms with Crippen molar-refractivity contribution in [2.75, 3.05) is 31.7 Å². The van der Waals surface area contributed by atoms with Crippen LogP contribution in [0.15, 0.2) is 30.5 Å². The Morgan fingerprint density at radius 1 is 0.881 bits per heavy atom. The van der Waals surface area contributed by atoms with Crippen LogP contribution in [-0.4, -0.2) is 76.4 Å². The van der Waals surface area contributed by atoms with Gasteiger partial charge in [-0.3, -0.25) is 4.68 Å². The van der Waals surface area contributed by atoms with E-state index < -0.39 is 29.2 Å². The Labute approximate surface area is 348 Å². The second kappa shape index (κ2) is 14.9. The number of fused-ring (bicyclic) bond motifs is 1. The molecule has 59 heavy (non-hydrogen) atoms. The average Bonchev–Trinajstić information content (AvgIpc) is 3.47. The Morgan fingerprint density at radius 2 is 1.58 bits per heavy atom. The van der Waals surface area contributed by atoms with E-state index in [1.807, 2.05) is 64.8 Å². The molecule has 4 aliphatic carbocycles. The summed E-state index contributed by atoms with van der Waals surface area (Å²) in [5.74, 6) is -0.446. The highest BCUT2D eigenvalue weighted by atomic mass is 16.6. The highest BCUT2D eigenvalue weighted by Gasteiger charge is 2.66. The number of anilines is 1. The number of nitriles is 1. The minimum atomic E-state index is -0.757. The summed E-state index contributed by atoms with van der Waals surface area (Å²) >= 11 is 0. The van der Waals surface area contributed by atoms with Crippen LogP contribution in [0.4, 0.5) is 10.6 Å². The van der Waals surface area contributed by atoms with Gasteiger partial charge in [-0.1, -0.05) is 13.8 Å². The van der Waals surface area contributed by atoms with Gasteiger partial charge in [-0.25, -0.2) is 19.4 Å². The molecule has 13 heteroatoms. The van der Waals surface area contributed by atoms with E-state index in [0.717, 1.165) is 67.5 Å². The Hall–Kier alpha value is -4.96. The maximum absolute atomic E-state index is 14.0.